The number of nitrogens with one attached hydrogen (secondary N) is 2. The van der Waals surface area contributed by atoms with E-state index in [0.29, 0.717) is 5.02 Å². The van der Waals surface area contributed by atoms with Crippen LogP contribution in [-0.2, 0) is 10.0 Å². The summed E-state index contributed by atoms with van der Waals surface area (Å²) >= 11 is 5.81. The minimum absolute atomic E-state index is 0.0873. The molecule has 0 saturated carbocycles. The van der Waals surface area contributed by atoms with Crippen molar-refractivity contribution in [3.63, 3.8) is 0 Å². The van der Waals surface area contributed by atoms with E-state index in [2.05, 4.69) is 15.2 Å². The molecule has 0 spiro atoms. The third-order valence-electron chi connectivity index (χ3n) is 3.76. The number of halogens is 1. The van der Waals surface area contributed by atoms with Gasteiger partial charge >= 0.3 is 0 Å². The number of rotatable bonds is 7. The molecule has 0 atom stereocenters. The van der Waals surface area contributed by atoms with Crippen molar-refractivity contribution in [3.8, 4) is 0 Å². The molecule has 0 aliphatic carbocycles. The van der Waals surface area contributed by atoms with E-state index in [1.54, 1.807) is 0 Å². The van der Waals surface area contributed by atoms with E-state index < -0.39 is 14.9 Å². The van der Waals surface area contributed by atoms with Crippen LogP contribution in [-0.4, -0.2) is 19.6 Å². The van der Waals surface area contributed by atoms with Crippen molar-refractivity contribution in [1.29, 1.82) is 0 Å². The Bertz CT molecular complexity index is 1150. The average Bonchev–Trinajstić information content (AvgIpc) is 2.70. The zero-order chi connectivity index (χ0) is 20.9. The van der Waals surface area contributed by atoms with Crippen molar-refractivity contribution in [3.05, 3.63) is 93.5 Å². The number of nitrogens with zero attached hydrogens (tertiary/aromatic N) is 2. The van der Waals surface area contributed by atoms with Crippen LogP contribution in [0.25, 0.3) is 0 Å². The van der Waals surface area contributed by atoms with Gasteiger partial charge in [0.2, 0.25) is 0 Å². The second-order valence-corrected chi connectivity index (χ2v) is 7.92. The third kappa shape index (κ3) is 5.31. The predicted octanol–water partition coefficient (Wildman–Crippen LogP) is 4.50. The van der Waals surface area contributed by atoms with Gasteiger partial charge in [-0.25, -0.2) is 8.42 Å². The second-order valence-electron chi connectivity index (χ2n) is 5.83. The lowest BCUT2D eigenvalue weighted by atomic mass is 10.2. The second kappa shape index (κ2) is 8.72. The van der Waals surface area contributed by atoms with Gasteiger partial charge in [0.15, 0.2) is 0 Å². The SMILES string of the molecule is O=[N+]([O-])c1ccc(NN=Cc2ccccc2)c(S(=O)(=O)Nc2ccc(Cl)cc2)c1. The summed E-state index contributed by atoms with van der Waals surface area (Å²) in [6, 6.07) is 18.6. The number of hydrogen-bond donors (Lipinski definition) is 2. The molecular formula is C19H15ClN4O4S. The maximum atomic E-state index is 12.9. The molecule has 0 fully saturated rings. The Labute approximate surface area is 172 Å². The molecule has 8 nitrogen and oxygen atoms in total. The Morgan fingerprint density at radius 1 is 1.00 bits per heavy atom. The van der Waals surface area contributed by atoms with Crippen LogP contribution in [0.3, 0.4) is 0 Å². The Kier molecular flexibility index (Phi) is 6.10. The molecular weight excluding hydrogens is 416 g/mol. The Morgan fingerprint density at radius 3 is 2.34 bits per heavy atom. The molecule has 3 rings (SSSR count). The van der Waals surface area contributed by atoms with Crippen LogP contribution in [0, 0.1) is 10.1 Å². The first-order valence-corrected chi connectivity index (χ1v) is 10.1. The number of nitro groups is 1. The normalized spacial score (nSPS) is 11.3. The molecule has 0 amide bonds. The Hall–Kier alpha value is -3.43. The third-order valence-corrected chi connectivity index (χ3v) is 5.43. The number of nitro benzene ring substituents is 1. The topological polar surface area (TPSA) is 114 Å². The number of anilines is 2. The molecule has 29 heavy (non-hydrogen) atoms. The highest BCUT2D eigenvalue weighted by Gasteiger charge is 2.22. The fourth-order valence-electron chi connectivity index (χ4n) is 2.38. The predicted molar refractivity (Wildman–Crippen MR) is 113 cm³/mol. The van der Waals surface area contributed by atoms with Gasteiger partial charge in [0, 0.05) is 22.8 Å². The number of hydrogen-bond acceptors (Lipinski definition) is 6. The van der Waals surface area contributed by atoms with E-state index in [1.807, 2.05) is 30.3 Å². The van der Waals surface area contributed by atoms with Gasteiger partial charge in [0.25, 0.3) is 15.7 Å². The number of hydrazone groups is 1. The van der Waals surface area contributed by atoms with Gasteiger partial charge in [-0.1, -0.05) is 41.9 Å². The van der Waals surface area contributed by atoms with Crippen molar-refractivity contribution >= 4 is 44.9 Å². The summed E-state index contributed by atoms with van der Waals surface area (Å²) in [5.41, 5.74) is 3.42. The molecule has 3 aromatic carbocycles. The van der Waals surface area contributed by atoms with E-state index in [9.17, 15) is 18.5 Å². The Morgan fingerprint density at radius 2 is 1.69 bits per heavy atom. The van der Waals surface area contributed by atoms with Gasteiger partial charge in [-0.05, 0) is 35.9 Å². The van der Waals surface area contributed by atoms with Crippen LogP contribution in [0.15, 0.2) is 82.8 Å². The number of non-ortho nitro benzene ring substituents is 1. The van der Waals surface area contributed by atoms with Crippen LogP contribution in [0.4, 0.5) is 17.1 Å². The molecule has 0 aromatic heterocycles. The van der Waals surface area contributed by atoms with E-state index >= 15 is 0 Å². The first-order valence-electron chi connectivity index (χ1n) is 8.26. The van der Waals surface area contributed by atoms with Gasteiger partial charge in [-0.15, -0.1) is 0 Å². The number of sulfonamides is 1. The lowest BCUT2D eigenvalue weighted by Gasteiger charge is -2.12. The summed E-state index contributed by atoms with van der Waals surface area (Å²) in [7, 11) is -4.14. The molecule has 3 aromatic rings. The molecule has 0 radical (unpaired) electrons. The van der Waals surface area contributed by atoms with Gasteiger partial charge < -0.3 is 0 Å². The highest BCUT2D eigenvalue weighted by molar-refractivity contribution is 7.92. The van der Waals surface area contributed by atoms with Crippen molar-refractivity contribution in [1.82, 2.24) is 0 Å². The Balaban J connectivity index is 1.93. The highest BCUT2D eigenvalue weighted by Crippen LogP contribution is 2.28. The lowest BCUT2D eigenvalue weighted by molar-refractivity contribution is -0.385. The van der Waals surface area contributed by atoms with Crippen LogP contribution in [0.1, 0.15) is 5.56 Å². The molecule has 10 heteroatoms. The first kappa shape index (κ1) is 20.3. The summed E-state index contributed by atoms with van der Waals surface area (Å²) in [6.07, 6.45) is 1.50. The van der Waals surface area contributed by atoms with Crippen LogP contribution in [0.5, 0.6) is 0 Å². The minimum atomic E-state index is -4.14. The van der Waals surface area contributed by atoms with E-state index in [0.717, 1.165) is 11.6 Å². The molecule has 0 bridgehead atoms. The summed E-state index contributed by atoms with van der Waals surface area (Å²) in [5.74, 6) is 0. The maximum Gasteiger partial charge on any atom is 0.270 e. The number of benzene rings is 3. The summed E-state index contributed by atoms with van der Waals surface area (Å²) in [4.78, 5) is 10.1. The minimum Gasteiger partial charge on any atom is -0.280 e. The molecule has 0 saturated heterocycles. The smallest absolute Gasteiger partial charge is 0.270 e. The molecule has 2 N–H and O–H groups in total. The van der Waals surface area contributed by atoms with E-state index in [4.69, 9.17) is 11.6 Å². The van der Waals surface area contributed by atoms with Gasteiger partial charge in [-0.2, -0.15) is 5.10 Å². The van der Waals surface area contributed by atoms with Crippen molar-refractivity contribution < 1.29 is 13.3 Å². The fourth-order valence-corrected chi connectivity index (χ4v) is 3.74. The molecule has 148 valence electrons. The first-order chi connectivity index (χ1) is 13.8. The van der Waals surface area contributed by atoms with E-state index in [1.165, 1.54) is 42.6 Å². The standard InChI is InChI=1S/C19H15ClN4O4S/c20-15-6-8-16(9-7-15)23-29(27,28)19-12-17(24(25)26)10-11-18(19)22-21-13-14-4-2-1-3-5-14/h1-13,22-23H. The largest absolute Gasteiger partial charge is 0.280 e. The van der Waals surface area contributed by atoms with Gasteiger partial charge in [0.1, 0.15) is 4.90 Å². The summed E-state index contributed by atoms with van der Waals surface area (Å²) in [5, 5.41) is 15.6. The van der Waals surface area contributed by atoms with Crippen LogP contribution >= 0.6 is 11.6 Å². The molecule has 0 unspecified atom stereocenters. The zero-order valence-electron chi connectivity index (χ0n) is 14.8. The maximum absolute atomic E-state index is 12.9. The lowest BCUT2D eigenvalue weighted by Crippen LogP contribution is -2.15. The molecule has 0 aliphatic heterocycles. The van der Waals surface area contributed by atoms with Crippen molar-refractivity contribution in [2.75, 3.05) is 10.1 Å². The van der Waals surface area contributed by atoms with Crippen molar-refractivity contribution in [2.24, 2.45) is 5.10 Å². The van der Waals surface area contributed by atoms with Gasteiger partial charge in [-0.3, -0.25) is 20.3 Å². The monoisotopic (exact) mass is 430 g/mol. The van der Waals surface area contributed by atoms with E-state index in [-0.39, 0.29) is 22.0 Å². The summed E-state index contributed by atoms with van der Waals surface area (Å²) < 4.78 is 28.1. The molecule has 0 aliphatic rings. The molecule has 0 heterocycles. The van der Waals surface area contributed by atoms with Gasteiger partial charge in [0.05, 0.1) is 16.8 Å². The zero-order valence-corrected chi connectivity index (χ0v) is 16.4. The summed E-state index contributed by atoms with van der Waals surface area (Å²) in [6.45, 7) is 0. The fraction of sp³-hybridized carbons (Fsp3) is 0. The van der Waals surface area contributed by atoms with Crippen LogP contribution < -0.4 is 10.1 Å². The van der Waals surface area contributed by atoms with Crippen molar-refractivity contribution in [2.45, 2.75) is 4.90 Å². The average molecular weight is 431 g/mol. The quantitative estimate of drug-likeness (QED) is 0.325. The van der Waals surface area contributed by atoms with Crippen LogP contribution in [0.2, 0.25) is 5.02 Å². The highest BCUT2D eigenvalue weighted by atomic mass is 35.5.